The summed E-state index contributed by atoms with van der Waals surface area (Å²) >= 11 is 0.439. The van der Waals surface area contributed by atoms with Gasteiger partial charge in [-0.3, -0.25) is 9.78 Å². The average molecular weight is 597 g/mol. The molecular weight excluding hydrogens is 564 g/mol. The van der Waals surface area contributed by atoms with Crippen molar-refractivity contribution in [1.29, 1.82) is 0 Å². The number of carbonyl (C=O) groups is 2. The van der Waals surface area contributed by atoms with E-state index in [2.05, 4.69) is 16.9 Å². The molecule has 8 nitrogen and oxygen atoms in total. The smallest absolute Gasteiger partial charge is 0.420 e. The van der Waals surface area contributed by atoms with E-state index < -0.39 is 48.0 Å². The lowest BCUT2D eigenvalue weighted by atomic mass is 9.99. The SMILES string of the molecule is CCCCCCCCc1ccc(N(C(=O)OCC(N)CC(=O)O)c2nc(-c3cccnc3)c(F)s2)cc1C(F)(F)F. The summed E-state index contributed by atoms with van der Waals surface area (Å²) < 4.78 is 62.6. The van der Waals surface area contributed by atoms with E-state index in [1.807, 2.05) is 0 Å². The Labute approximate surface area is 239 Å². The lowest BCUT2D eigenvalue weighted by Gasteiger charge is -2.23. The van der Waals surface area contributed by atoms with E-state index in [0.29, 0.717) is 23.3 Å². The number of ether oxygens (including phenoxy) is 1. The van der Waals surface area contributed by atoms with E-state index in [-0.39, 0.29) is 28.5 Å². The number of rotatable bonds is 14. The number of alkyl halides is 3. The molecule has 3 aromatic rings. The number of aryl methyl sites for hydroxylation is 1. The maximum atomic E-state index is 15.0. The largest absolute Gasteiger partial charge is 0.481 e. The van der Waals surface area contributed by atoms with E-state index in [9.17, 15) is 27.2 Å². The molecule has 1 unspecified atom stereocenters. The van der Waals surface area contributed by atoms with Crippen LogP contribution in [0.5, 0.6) is 0 Å². The van der Waals surface area contributed by atoms with Crippen molar-refractivity contribution >= 4 is 34.2 Å². The van der Waals surface area contributed by atoms with Gasteiger partial charge in [-0.25, -0.2) is 14.7 Å². The second-order valence-electron chi connectivity index (χ2n) is 9.49. The summed E-state index contributed by atoms with van der Waals surface area (Å²) in [7, 11) is 0. The number of hydrogen-bond acceptors (Lipinski definition) is 7. The van der Waals surface area contributed by atoms with Crippen LogP contribution in [0.2, 0.25) is 0 Å². The first-order valence-electron chi connectivity index (χ1n) is 13.2. The van der Waals surface area contributed by atoms with Gasteiger partial charge in [0.25, 0.3) is 0 Å². The molecule has 1 atom stereocenters. The van der Waals surface area contributed by atoms with Crippen LogP contribution in [0.25, 0.3) is 11.3 Å². The van der Waals surface area contributed by atoms with Crippen molar-refractivity contribution in [2.45, 2.75) is 70.5 Å². The Morgan fingerprint density at radius 3 is 2.54 bits per heavy atom. The molecule has 1 amide bonds. The van der Waals surface area contributed by atoms with Gasteiger partial charge in [-0.05, 0) is 42.7 Å². The number of carboxylic acids is 1. The lowest BCUT2D eigenvalue weighted by Crippen LogP contribution is -2.34. The number of nitrogens with zero attached hydrogens (tertiary/aromatic N) is 3. The number of amides is 1. The van der Waals surface area contributed by atoms with Crippen LogP contribution >= 0.6 is 11.3 Å². The van der Waals surface area contributed by atoms with Crippen LogP contribution in [0.15, 0.2) is 42.7 Å². The molecule has 0 radical (unpaired) electrons. The van der Waals surface area contributed by atoms with Gasteiger partial charge in [-0.1, -0.05) is 56.4 Å². The molecule has 0 aliphatic carbocycles. The van der Waals surface area contributed by atoms with Gasteiger partial charge in [0.2, 0.25) is 10.3 Å². The molecule has 0 aliphatic rings. The topological polar surface area (TPSA) is 119 Å². The van der Waals surface area contributed by atoms with Crippen molar-refractivity contribution in [1.82, 2.24) is 9.97 Å². The van der Waals surface area contributed by atoms with E-state index in [1.165, 1.54) is 24.5 Å². The second-order valence-corrected chi connectivity index (χ2v) is 10.4. The Morgan fingerprint density at radius 2 is 1.88 bits per heavy atom. The Bertz CT molecular complexity index is 1300. The molecule has 13 heteroatoms. The van der Waals surface area contributed by atoms with Gasteiger partial charge >= 0.3 is 18.2 Å². The van der Waals surface area contributed by atoms with Crippen LogP contribution in [0, 0.1) is 5.13 Å². The van der Waals surface area contributed by atoms with Crippen molar-refractivity contribution in [3.05, 3.63) is 59.0 Å². The van der Waals surface area contributed by atoms with Crippen LogP contribution in [0.3, 0.4) is 0 Å². The fourth-order valence-corrected chi connectivity index (χ4v) is 5.00. The van der Waals surface area contributed by atoms with Crippen molar-refractivity contribution in [2.24, 2.45) is 5.73 Å². The Kier molecular flexibility index (Phi) is 11.6. The number of nitrogens with two attached hydrogens (primary N) is 1. The summed E-state index contributed by atoms with van der Waals surface area (Å²) in [5.41, 5.74) is 4.75. The summed E-state index contributed by atoms with van der Waals surface area (Å²) in [5, 5.41) is 7.84. The third kappa shape index (κ3) is 9.22. The highest BCUT2D eigenvalue weighted by molar-refractivity contribution is 7.14. The molecule has 41 heavy (non-hydrogen) atoms. The molecule has 2 aromatic heterocycles. The third-order valence-electron chi connectivity index (χ3n) is 6.20. The molecule has 3 N–H and O–H groups in total. The van der Waals surface area contributed by atoms with Gasteiger partial charge in [-0.2, -0.15) is 17.6 Å². The van der Waals surface area contributed by atoms with Gasteiger partial charge in [0.1, 0.15) is 12.3 Å². The molecule has 0 bridgehead atoms. The maximum absolute atomic E-state index is 15.0. The van der Waals surface area contributed by atoms with Gasteiger partial charge in [0, 0.05) is 24.0 Å². The lowest BCUT2D eigenvalue weighted by molar-refractivity contribution is -0.138. The summed E-state index contributed by atoms with van der Waals surface area (Å²) in [6, 6.07) is 5.47. The molecule has 0 saturated carbocycles. The molecule has 1 aromatic carbocycles. The van der Waals surface area contributed by atoms with Crippen LogP contribution in [-0.2, 0) is 22.1 Å². The van der Waals surface area contributed by atoms with E-state index in [1.54, 1.807) is 12.1 Å². The Hall–Kier alpha value is -3.58. The van der Waals surface area contributed by atoms with Crippen molar-refractivity contribution < 1.29 is 37.0 Å². The van der Waals surface area contributed by atoms with E-state index in [4.69, 9.17) is 15.6 Å². The first-order valence-corrected chi connectivity index (χ1v) is 14.0. The molecule has 3 rings (SSSR count). The number of aromatic nitrogens is 2. The number of pyridine rings is 1. The summed E-state index contributed by atoms with van der Waals surface area (Å²) in [6.07, 6.45) is 2.10. The van der Waals surface area contributed by atoms with Crippen LogP contribution < -0.4 is 10.6 Å². The van der Waals surface area contributed by atoms with Gasteiger partial charge in [0.05, 0.1) is 17.7 Å². The first kappa shape index (κ1) is 31.9. The van der Waals surface area contributed by atoms with Crippen molar-refractivity contribution in [2.75, 3.05) is 11.5 Å². The highest BCUT2D eigenvalue weighted by atomic mass is 32.1. The highest BCUT2D eigenvalue weighted by Crippen LogP contribution is 2.40. The first-order chi connectivity index (χ1) is 19.5. The number of aliphatic carboxylic acids is 1. The highest BCUT2D eigenvalue weighted by Gasteiger charge is 2.35. The minimum atomic E-state index is -4.72. The third-order valence-corrected chi connectivity index (χ3v) is 7.03. The normalized spacial score (nSPS) is 12.2. The molecular formula is C28H32F4N4O4S. The number of thiazole rings is 1. The maximum Gasteiger partial charge on any atom is 0.420 e. The molecule has 0 fully saturated rings. The van der Waals surface area contributed by atoms with E-state index in [0.717, 1.165) is 43.1 Å². The minimum Gasteiger partial charge on any atom is -0.481 e. The predicted octanol–water partition coefficient (Wildman–Crippen LogP) is 7.34. The Balaban J connectivity index is 1.96. The zero-order valence-corrected chi connectivity index (χ0v) is 23.3. The monoisotopic (exact) mass is 596 g/mol. The fourth-order valence-electron chi connectivity index (χ4n) is 4.17. The number of carbonyl (C=O) groups excluding carboxylic acids is 1. The number of halogens is 4. The average Bonchev–Trinajstić information content (AvgIpc) is 3.30. The zero-order valence-electron chi connectivity index (χ0n) is 22.5. The summed E-state index contributed by atoms with van der Waals surface area (Å²) in [6.45, 7) is 1.55. The number of benzene rings is 1. The summed E-state index contributed by atoms with van der Waals surface area (Å²) in [4.78, 5) is 32.9. The fraction of sp³-hybridized carbons (Fsp3) is 0.429. The molecule has 0 spiro atoms. The quantitative estimate of drug-likeness (QED) is 0.148. The zero-order chi connectivity index (χ0) is 30.0. The Morgan fingerprint density at radius 1 is 1.15 bits per heavy atom. The molecule has 222 valence electrons. The standard InChI is InChI=1S/C28H32F4N4O4S/c1-2-3-4-5-6-7-9-18-11-12-21(15-22(18)28(30,31)32)36(27(39)40-17-20(33)14-23(37)38)26-35-24(25(29)41-26)19-10-8-13-34-16-19/h8,10-13,15-16,20H,2-7,9,14,17,33H2,1H3,(H,37,38). The summed E-state index contributed by atoms with van der Waals surface area (Å²) in [5.74, 6) is -1.22. The molecule has 2 heterocycles. The number of unbranched alkanes of at least 4 members (excludes halogenated alkanes) is 5. The molecule has 0 aliphatic heterocycles. The minimum absolute atomic E-state index is 0.0786. The van der Waals surface area contributed by atoms with Gasteiger partial charge in [0.15, 0.2) is 0 Å². The van der Waals surface area contributed by atoms with E-state index >= 15 is 0 Å². The number of anilines is 2. The predicted molar refractivity (Wildman–Crippen MR) is 148 cm³/mol. The van der Waals surface area contributed by atoms with Crippen LogP contribution in [-0.4, -0.2) is 39.8 Å². The number of carboxylic acid groups (broad SMARTS) is 1. The van der Waals surface area contributed by atoms with Gasteiger partial charge in [-0.15, -0.1) is 0 Å². The second kappa shape index (κ2) is 14.9. The van der Waals surface area contributed by atoms with Crippen molar-refractivity contribution in [3.63, 3.8) is 0 Å². The van der Waals surface area contributed by atoms with Crippen LogP contribution in [0.4, 0.5) is 33.2 Å². The van der Waals surface area contributed by atoms with Crippen LogP contribution in [0.1, 0.15) is 63.0 Å². The van der Waals surface area contributed by atoms with Gasteiger partial charge < -0.3 is 15.6 Å². The number of hydrogen-bond donors (Lipinski definition) is 2. The van der Waals surface area contributed by atoms with Crippen molar-refractivity contribution in [3.8, 4) is 11.3 Å². The molecule has 0 saturated heterocycles.